The van der Waals surface area contributed by atoms with Gasteiger partial charge in [0.15, 0.2) is 0 Å². The van der Waals surface area contributed by atoms with Gasteiger partial charge in [-0.15, -0.1) is 0 Å². The fourth-order valence-electron chi connectivity index (χ4n) is 16.9. The Morgan fingerprint density at radius 3 is 0.658 bits per heavy atom. The van der Waals surface area contributed by atoms with E-state index in [0.717, 1.165) is 32.1 Å². The number of ether oxygens (including phenoxy) is 4. The first kappa shape index (κ1) is 91.8. The second kappa shape index (κ2) is 39.9. The van der Waals surface area contributed by atoms with Gasteiger partial charge in [0.1, 0.15) is 58.1 Å². The normalized spacial score (nSPS) is 13.9. The molecule has 644 valence electrons. The zero-order chi connectivity index (χ0) is 86.7. The minimum Gasteiger partial charge on any atom is -0.457 e. The Morgan fingerprint density at radius 1 is 0.300 bits per heavy atom. The molecule has 0 aromatic heterocycles. The molecule has 2 unspecified atom stereocenters. The highest BCUT2D eigenvalue weighted by atomic mass is 28.4. The monoisotopic (exact) mass is 1720 g/mol. The van der Waals surface area contributed by atoms with Gasteiger partial charge in [-0.25, -0.2) is 0 Å². The van der Waals surface area contributed by atoms with Crippen LogP contribution in [0, 0.1) is 11.8 Å². The highest BCUT2D eigenvalue weighted by molar-refractivity contribution is 6.61. The van der Waals surface area contributed by atoms with Crippen LogP contribution in [-0.2, 0) is 88.4 Å². The van der Waals surface area contributed by atoms with E-state index in [0.29, 0.717) is 125 Å². The zero-order valence-corrected chi connectivity index (χ0v) is 76.9. The molecule has 26 nitrogen and oxygen atoms in total. The molecule has 0 N–H and O–H groups in total. The van der Waals surface area contributed by atoms with Gasteiger partial charge in [-0.2, -0.15) is 0 Å². The summed E-state index contributed by atoms with van der Waals surface area (Å²) in [5, 5.41) is 1.99. The van der Waals surface area contributed by atoms with Crippen LogP contribution in [0.2, 0.25) is 24.2 Å². The Bertz CT molecular complexity index is 4490. The summed E-state index contributed by atoms with van der Waals surface area (Å²) in [7, 11) is 7.27. The number of amides is 6. The van der Waals surface area contributed by atoms with Gasteiger partial charge in [-0.3, -0.25) is 38.6 Å². The van der Waals surface area contributed by atoms with E-state index >= 15 is 28.8 Å². The van der Waals surface area contributed by atoms with Gasteiger partial charge in [-0.1, -0.05) is 76.2 Å². The van der Waals surface area contributed by atoms with E-state index in [2.05, 4.69) is 0 Å². The summed E-state index contributed by atoms with van der Waals surface area (Å²) >= 11 is 0. The van der Waals surface area contributed by atoms with Gasteiger partial charge >= 0.3 is 35.2 Å². The van der Waals surface area contributed by atoms with E-state index in [4.69, 9.17) is 72.1 Å². The molecule has 2 aliphatic heterocycles. The molecule has 30 heteroatoms. The molecule has 0 saturated heterocycles. The lowest BCUT2D eigenvalue weighted by molar-refractivity contribution is -0.137. The van der Waals surface area contributed by atoms with E-state index in [9.17, 15) is 0 Å². The van der Waals surface area contributed by atoms with Crippen LogP contribution in [0.4, 0.5) is 0 Å². The molecule has 2 atom stereocenters. The Labute approximate surface area is 708 Å². The number of aryl methyl sites for hydroxylation is 4. The molecule has 2 heterocycles. The van der Waals surface area contributed by atoms with Crippen LogP contribution in [0.1, 0.15) is 145 Å². The Morgan fingerprint density at radius 2 is 0.492 bits per heavy atom. The summed E-state index contributed by atoms with van der Waals surface area (Å²) in [5.74, 6) is -3.48. The maximum atomic E-state index is 16.6. The highest BCUT2D eigenvalue weighted by Gasteiger charge is 2.49. The lowest BCUT2D eigenvalue weighted by Gasteiger charge is -2.38. The van der Waals surface area contributed by atoms with Gasteiger partial charge in [0, 0.05) is 179 Å². The summed E-state index contributed by atoms with van der Waals surface area (Å²) in [6.45, 7) is 15.8. The SMILES string of the molecule is CCN(CC)C(=O)C(C(C)C)N1C(=O)c2cc(Oc3ccc(CCC[Si](OC)(OC)OC)cc3)c3c4c(Oc5ccc(CCC[Si](OC)(OC)OC)cc5)cc5c6c(cc(Oc7ccc(CCC[Si](OC)(OC)OC)cc7)c(c7c(Oc8ccc(CCC[Si](OC)(OC)OC)cc8)cc(c2c37)C1=O)c64)C(=O)N(C(C(=O)N(CC)CC)C(C)C)C5=O. The molecule has 0 spiro atoms. The number of hydrogen-bond donors (Lipinski definition) is 0. The van der Waals surface area contributed by atoms with Crippen LogP contribution in [0.5, 0.6) is 46.0 Å². The number of carbonyl (C=O) groups excluding carboxylic acids is 6. The van der Waals surface area contributed by atoms with Crippen molar-refractivity contribution in [3.63, 3.8) is 0 Å². The molecular formula is C90H116N4O22Si4. The largest absolute Gasteiger partial charge is 0.500 e. The first-order valence-corrected chi connectivity index (χ1v) is 48.9. The van der Waals surface area contributed by atoms with Crippen molar-refractivity contribution in [2.75, 3.05) is 111 Å². The van der Waals surface area contributed by atoms with Gasteiger partial charge in [0.2, 0.25) is 11.8 Å². The van der Waals surface area contributed by atoms with Crippen LogP contribution >= 0.6 is 0 Å². The summed E-state index contributed by atoms with van der Waals surface area (Å²) in [4.78, 5) is 102. The molecule has 0 aliphatic carbocycles. The van der Waals surface area contributed by atoms with Gasteiger partial charge in [-0.05, 0) is 186 Å². The lowest BCUT2D eigenvalue weighted by atomic mass is 9.80. The number of benzene rings is 9. The van der Waals surface area contributed by atoms with Gasteiger partial charge in [0.25, 0.3) is 23.6 Å². The number of rotatable bonds is 46. The van der Waals surface area contributed by atoms with Crippen molar-refractivity contribution in [2.45, 2.75) is 143 Å². The van der Waals surface area contributed by atoms with Crippen molar-refractivity contribution in [3.05, 3.63) is 166 Å². The van der Waals surface area contributed by atoms with Crippen molar-refractivity contribution in [1.82, 2.24) is 19.6 Å². The first-order valence-electron chi connectivity index (χ1n) is 41.1. The summed E-state index contributed by atoms with van der Waals surface area (Å²) < 4.78 is 99.1. The van der Waals surface area contributed by atoms with Gasteiger partial charge in [0.05, 0.1) is 22.3 Å². The average molecular weight is 1720 g/mol. The maximum absolute atomic E-state index is 16.6. The Kier molecular flexibility index (Phi) is 30.6. The number of nitrogens with zero attached hydrogens (tertiary/aromatic N) is 4. The predicted octanol–water partition coefficient (Wildman–Crippen LogP) is 17.1. The molecule has 9 aromatic rings. The number of hydrogen-bond acceptors (Lipinski definition) is 22. The lowest BCUT2D eigenvalue weighted by Crippen LogP contribution is -2.56. The smallest absolute Gasteiger partial charge is 0.457 e. The first-order chi connectivity index (χ1) is 57.7. The standard InChI is InChI=1S/C90H116N4O22Si4/c1-21-91(22-2)89(99)83(57(5)6)93-85(95)67-53-71(113-63-41-33-59(34-42-63)29-25-49-117(101-9,102-10)103-11)77-79-73(115-65-45-37-61(38-46-65)31-27-51-119(107-15,108-16)109-17)55-69-76-70(88(98)94(87(69)97)84(58(7)8)90(100)92(23-3)24-4)56-74(116-66-47-39-62(40-48-66)32-28-52-120(110-18,111-19)112-20)80(82(76)79)78-72(54-68(86(93)96)75(67)81(77)78)114-64-43-35-60(36-44-64)30-26-50-118(104-12,105-13)106-14/h33-48,53-58,83-84H,21-32,49-52H2,1-20H3. The van der Waals surface area contributed by atoms with Crippen LogP contribution in [-0.4, -0.2) is 214 Å². The molecule has 6 amide bonds. The molecule has 120 heavy (non-hydrogen) atoms. The number of carbonyl (C=O) groups is 6. The van der Waals surface area contributed by atoms with Crippen LogP contribution in [0.25, 0.3) is 43.1 Å². The fraction of sp³-hybridized carbons (Fsp3) is 0.444. The summed E-state index contributed by atoms with van der Waals surface area (Å²) in [5.41, 5.74) is 3.88. The number of likely N-dealkylation sites (N-methyl/N-ethyl adjacent to an activating group) is 2. The zero-order valence-electron chi connectivity index (χ0n) is 72.9. The van der Waals surface area contributed by atoms with Crippen molar-refractivity contribution < 1.29 is 101 Å². The van der Waals surface area contributed by atoms with Crippen LogP contribution < -0.4 is 18.9 Å². The Hall–Kier alpha value is -8.91. The third-order valence-corrected chi connectivity index (χ3v) is 34.9. The van der Waals surface area contributed by atoms with Gasteiger partial charge < -0.3 is 81.9 Å². The Balaban J connectivity index is 1.28. The van der Waals surface area contributed by atoms with E-state index < -0.39 is 94.6 Å². The third kappa shape index (κ3) is 18.4. The van der Waals surface area contributed by atoms with E-state index in [1.54, 1.807) is 119 Å². The second-order valence-corrected chi connectivity index (χ2v) is 43.0. The number of fused-ring (bicyclic) bond motifs is 2. The van der Waals surface area contributed by atoms with E-state index in [1.807, 2.05) is 152 Å². The fourth-order valence-corrected chi connectivity index (χ4v) is 23.8. The molecule has 0 saturated carbocycles. The average Bonchev–Trinajstić information content (AvgIpc) is 0.669. The molecule has 0 radical (unpaired) electrons. The molecule has 11 rings (SSSR count). The van der Waals surface area contributed by atoms with E-state index in [-0.39, 0.29) is 88.3 Å². The minimum atomic E-state index is -2.94. The quantitative estimate of drug-likeness (QED) is 0.0148. The van der Waals surface area contributed by atoms with Crippen molar-refractivity contribution in [3.8, 4) is 46.0 Å². The summed E-state index contributed by atoms with van der Waals surface area (Å²) in [6, 6.07) is 36.2. The second-order valence-electron chi connectivity index (χ2n) is 30.6. The third-order valence-electron chi connectivity index (χ3n) is 23.6. The topological polar surface area (TPSA) is 263 Å². The molecule has 2 aliphatic rings. The molecule has 9 aromatic carbocycles. The molecule has 0 fully saturated rings. The maximum Gasteiger partial charge on any atom is 0.500 e. The van der Waals surface area contributed by atoms with Crippen LogP contribution in [0.15, 0.2) is 121 Å². The highest BCUT2D eigenvalue weighted by Crippen LogP contribution is 2.58. The van der Waals surface area contributed by atoms with Crippen LogP contribution in [0.3, 0.4) is 0 Å². The van der Waals surface area contributed by atoms with Crippen molar-refractivity contribution in [1.29, 1.82) is 0 Å². The number of imide groups is 2. The van der Waals surface area contributed by atoms with Crippen molar-refractivity contribution >= 4 is 114 Å². The predicted molar refractivity (Wildman–Crippen MR) is 467 cm³/mol. The van der Waals surface area contributed by atoms with E-state index in [1.165, 1.54) is 0 Å². The molecular weight excluding hydrogens is 1600 g/mol. The molecule has 0 bridgehead atoms. The minimum absolute atomic E-state index is 0.0151. The van der Waals surface area contributed by atoms with Crippen molar-refractivity contribution in [2.24, 2.45) is 11.8 Å². The summed E-state index contributed by atoms with van der Waals surface area (Å²) in [6.07, 6.45) is 5.11.